The van der Waals surface area contributed by atoms with Crippen molar-refractivity contribution in [2.24, 2.45) is 0 Å². The van der Waals surface area contributed by atoms with Crippen LogP contribution in [0, 0.1) is 0 Å². The summed E-state index contributed by atoms with van der Waals surface area (Å²) < 4.78 is 11.3. The Labute approximate surface area is 528 Å². The first-order valence-electron chi connectivity index (χ1n) is 35.8. The van der Waals surface area contributed by atoms with E-state index in [1.807, 2.05) is 6.08 Å². The zero-order chi connectivity index (χ0) is 62.1. The first-order valence-corrected chi connectivity index (χ1v) is 35.8. The zero-order valence-electron chi connectivity index (χ0n) is 55.3. The van der Waals surface area contributed by atoms with E-state index >= 15 is 0 Å². The first-order chi connectivity index (χ1) is 42.3. The van der Waals surface area contributed by atoms with Crippen molar-refractivity contribution in [2.45, 2.75) is 346 Å². The maximum atomic E-state index is 13.1. The topological polar surface area (TPSA) is 149 Å². The van der Waals surface area contributed by atoms with Gasteiger partial charge in [0, 0.05) is 6.42 Å². The fraction of sp³-hybridized carbons (Fsp3) is 0.727. The van der Waals surface area contributed by atoms with Crippen LogP contribution in [-0.2, 0) is 14.3 Å². The van der Waals surface area contributed by atoms with Crippen molar-refractivity contribution in [2.75, 3.05) is 13.2 Å². The number of carbonyl (C=O) groups excluding carboxylic acids is 1. The molecule has 9 nitrogen and oxygen atoms in total. The van der Waals surface area contributed by atoms with Crippen LogP contribution in [-0.4, -0.2) is 87.5 Å². The Morgan fingerprint density at radius 1 is 0.407 bits per heavy atom. The summed E-state index contributed by atoms with van der Waals surface area (Å²) in [6.45, 7) is 3.69. The highest BCUT2D eigenvalue weighted by Crippen LogP contribution is 2.23. The molecule has 0 aliphatic carbocycles. The Bertz CT molecular complexity index is 1780. The molecule has 0 aromatic rings. The molecule has 1 rings (SSSR count). The molecule has 7 atom stereocenters. The van der Waals surface area contributed by atoms with Crippen molar-refractivity contribution in [3.05, 3.63) is 122 Å². The minimum absolute atomic E-state index is 0.181. The van der Waals surface area contributed by atoms with Gasteiger partial charge in [0.05, 0.1) is 25.4 Å². The van der Waals surface area contributed by atoms with Crippen LogP contribution in [0.3, 0.4) is 0 Å². The number of aliphatic hydroxyl groups is 5. The number of rotatable bonds is 61. The average molecular weight is 1200 g/mol. The molecule has 7 unspecified atom stereocenters. The molecular weight excluding hydrogens is 1070 g/mol. The quantitative estimate of drug-likeness (QED) is 0.0261. The van der Waals surface area contributed by atoms with E-state index < -0.39 is 49.5 Å². The van der Waals surface area contributed by atoms with Crippen molar-refractivity contribution in [3.63, 3.8) is 0 Å². The summed E-state index contributed by atoms with van der Waals surface area (Å²) in [5, 5.41) is 54.8. The average Bonchev–Trinajstić information content (AvgIpc) is 3.55. The van der Waals surface area contributed by atoms with Crippen molar-refractivity contribution in [3.8, 4) is 0 Å². The molecule has 0 aromatic carbocycles. The zero-order valence-corrected chi connectivity index (χ0v) is 55.3. The molecule has 0 aromatic heterocycles. The Balaban J connectivity index is 2.14. The second-order valence-electron chi connectivity index (χ2n) is 24.3. The third-order valence-electron chi connectivity index (χ3n) is 16.3. The van der Waals surface area contributed by atoms with E-state index in [1.165, 1.54) is 180 Å². The first kappa shape index (κ1) is 80.6. The number of hydrogen-bond acceptors (Lipinski definition) is 8. The molecule has 0 spiro atoms. The molecule has 494 valence electrons. The van der Waals surface area contributed by atoms with Crippen LogP contribution >= 0.6 is 0 Å². The largest absolute Gasteiger partial charge is 0.394 e. The van der Waals surface area contributed by atoms with Gasteiger partial charge < -0.3 is 40.3 Å². The monoisotopic (exact) mass is 1200 g/mol. The Morgan fingerprint density at radius 3 is 1.07 bits per heavy atom. The number of hydrogen-bond donors (Lipinski definition) is 6. The maximum absolute atomic E-state index is 13.1. The van der Waals surface area contributed by atoms with E-state index in [1.54, 1.807) is 6.08 Å². The van der Waals surface area contributed by atoms with Crippen LogP contribution in [0.4, 0.5) is 0 Å². The molecule has 1 heterocycles. The van der Waals surface area contributed by atoms with Crippen LogP contribution in [0.25, 0.3) is 0 Å². The number of amides is 1. The molecule has 1 aliphatic heterocycles. The van der Waals surface area contributed by atoms with Gasteiger partial charge in [-0.25, -0.2) is 0 Å². The van der Waals surface area contributed by atoms with Gasteiger partial charge >= 0.3 is 0 Å². The Hall–Kier alpha value is -3.41. The van der Waals surface area contributed by atoms with E-state index in [9.17, 15) is 30.3 Å². The molecular formula is C77H133NO8. The predicted molar refractivity (Wildman–Crippen MR) is 368 cm³/mol. The van der Waals surface area contributed by atoms with Gasteiger partial charge in [0.2, 0.25) is 5.91 Å². The summed E-state index contributed by atoms with van der Waals surface area (Å²) in [5.74, 6) is -0.181. The van der Waals surface area contributed by atoms with Gasteiger partial charge in [-0.1, -0.05) is 328 Å². The van der Waals surface area contributed by atoms with Gasteiger partial charge in [-0.3, -0.25) is 4.79 Å². The van der Waals surface area contributed by atoms with E-state index in [0.29, 0.717) is 6.42 Å². The summed E-state index contributed by atoms with van der Waals surface area (Å²) in [7, 11) is 0. The van der Waals surface area contributed by atoms with E-state index in [4.69, 9.17) is 9.47 Å². The maximum Gasteiger partial charge on any atom is 0.220 e. The summed E-state index contributed by atoms with van der Waals surface area (Å²) in [4.78, 5) is 13.1. The molecule has 0 radical (unpaired) electrons. The molecule has 86 heavy (non-hydrogen) atoms. The Morgan fingerprint density at radius 2 is 0.721 bits per heavy atom. The number of carbonyl (C=O) groups is 1. The molecule has 6 N–H and O–H groups in total. The van der Waals surface area contributed by atoms with Crippen LogP contribution < -0.4 is 5.32 Å². The summed E-state index contributed by atoms with van der Waals surface area (Å²) >= 11 is 0. The number of aliphatic hydroxyl groups excluding tert-OH is 5. The predicted octanol–water partition coefficient (Wildman–Crippen LogP) is 19.8. The van der Waals surface area contributed by atoms with Gasteiger partial charge in [-0.15, -0.1) is 0 Å². The van der Waals surface area contributed by atoms with Crippen molar-refractivity contribution >= 4 is 5.91 Å². The van der Waals surface area contributed by atoms with Crippen LogP contribution in [0.1, 0.15) is 303 Å². The van der Waals surface area contributed by atoms with Crippen LogP contribution in [0.5, 0.6) is 0 Å². The molecule has 9 heteroatoms. The lowest BCUT2D eigenvalue weighted by Crippen LogP contribution is -2.60. The summed E-state index contributed by atoms with van der Waals surface area (Å²) in [6, 6.07) is -0.816. The number of ether oxygens (including phenoxy) is 2. The highest BCUT2D eigenvalue weighted by Gasteiger charge is 2.44. The van der Waals surface area contributed by atoms with E-state index in [2.05, 4.69) is 129 Å². The van der Waals surface area contributed by atoms with E-state index in [-0.39, 0.29) is 12.5 Å². The SMILES string of the molecule is CC/C=C\C/C=C\C/C=C\C/C=C\C/C=C\C/C=C\C/C=C\C/C=C\C/C=C\CCCCCCCCCCCCCC(=O)NC(COC1OC(CO)C(O)C(O)C1O)C(O)/C=C/CCCCCCCCCCCCCCCCCCCCCCCC. The molecule has 0 saturated carbocycles. The number of nitrogens with one attached hydrogen (secondary N) is 1. The minimum atomic E-state index is -1.57. The fourth-order valence-electron chi connectivity index (χ4n) is 10.7. The van der Waals surface area contributed by atoms with Gasteiger partial charge in [0.15, 0.2) is 6.29 Å². The molecule has 1 aliphatic rings. The summed E-state index contributed by atoms with van der Waals surface area (Å²) in [6.07, 6.45) is 90.1. The number of allylic oxidation sites excluding steroid dienone is 19. The molecule has 1 saturated heterocycles. The second kappa shape index (κ2) is 64.6. The lowest BCUT2D eigenvalue weighted by Gasteiger charge is -2.40. The third-order valence-corrected chi connectivity index (χ3v) is 16.3. The summed E-state index contributed by atoms with van der Waals surface area (Å²) in [5.41, 5.74) is 0. The number of unbranched alkanes of at least 4 members (excludes halogenated alkanes) is 33. The van der Waals surface area contributed by atoms with Crippen molar-refractivity contribution < 1.29 is 39.8 Å². The molecule has 1 fully saturated rings. The van der Waals surface area contributed by atoms with E-state index in [0.717, 1.165) is 103 Å². The van der Waals surface area contributed by atoms with Gasteiger partial charge in [-0.05, 0) is 89.9 Å². The van der Waals surface area contributed by atoms with Crippen molar-refractivity contribution in [1.82, 2.24) is 5.32 Å². The third kappa shape index (κ3) is 52.5. The lowest BCUT2D eigenvalue weighted by molar-refractivity contribution is -0.302. The van der Waals surface area contributed by atoms with Gasteiger partial charge in [0.25, 0.3) is 0 Å². The molecule has 1 amide bonds. The van der Waals surface area contributed by atoms with Crippen LogP contribution in [0.2, 0.25) is 0 Å². The highest BCUT2D eigenvalue weighted by atomic mass is 16.7. The van der Waals surface area contributed by atoms with Crippen LogP contribution in [0.15, 0.2) is 122 Å². The Kier molecular flexibility index (Phi) is 60.5. The highest BCUT2D eigenvalue weighted by molar-refractivity contribution is 5.76. The van der Waals surface area contributed by atoms with Crippen molar-refractivity contribution in [1.29, 1.82) is 0 Å². The standard InChI is InChI=1S/C77H133NO8/c1-3-5-7-9-11-13-15-17-19-21-23-25-27-29-30-31-32-33-34-35-36-37-38-39-40-41-42-43-45-47-49-51-53-55-57-59-61-63-65-67-73(81)78-70(69-85-77-76(84)75(83)74(82)72(68-79)86-77)71(80)66-64-62-60-58-56-54-52-50-48-46-44-28-26-24-22-20-18-16-14-12-10-8-6-4-2/h5,7,11,13,17,19,23,25,29-30,32-33,35-36,38-39,41-42,64,66,70-72,74-77,79-80,82-84H,3-4,6,8-10,12,14-16,18,20-22,24,26-28,31,34,37,40,43-63,65,67-69H2,1-2H3,(H,78,81)/b7-5-,13-11-,19-17-,25-23-,30-29-,33-32-,36-35-,39-38-,42-41-,66-64+. The minimum Gasteiger partial charge on any atom is -0.394 e. The van der Waals surface area contributed by atoms with Gasteiger partial charge in [0.1, 0.15) is 24.4 Å². The fourth-order valence-corrected chi connectivity index (χ4v) is 10.7. The second-order valence-corrected chi connectivity index (χ2v) is 24.3. The molecule has 0 bridgehead atoms. The lowest BCUT2D eigenvalue weighted by atomic mass is 9.99. The van der Waals surface area contributed by atoms with Gasteiger partial charge in [-0.2, -0.15) is 0 Å². The normalized spacial score (nSPS) is 18.8. The smallest absolute Gasteiger partial charge is 0.220 e.